The summed E-state index contributed by atoms with van der Waals surface area (Å²) < 4.78 is 0. The molecule has 4 nitrogen and oxygen atoms in total. The molecular formula is C13H21NO3. The molecule has 0 amide bonds. The lowest BCUT2D eigenvalue weighted by Crippen LogP contribution is -2.40. The molecule has 1 aromatic rings. The van der Waals surface area contributed by atoms with E-state index >= 15 is 0 Å². The Labute approximate surface area is 102 Å². The minimum atomic E-state index is -0.567. The summed E-state index contributed by atoms with van der Waals surface area (Å²) in [5.41, 5.74) is 0.426. The average molecular weight is 239 g/mol. The summed E-state index contributed by atoms with van der Waals surface area (Å²) in [4.78, 5) is 0. The Morgan fingerprint density at radius 3 is 2.18 bits per heavy atom. The predicted molar refractivity (Wildman–Crippen MR) is 66.6 cm³/mol. The molecule has 1 aromatic carbocycles. The van der Waals surface area contributed by atoms with Gasteiger partial charge in [-0.15, -0.1) is 0 Å². The van der Waals surface area contributed by atoms with Crippen LogP contribution in [0.25, 0.3) is 0 Å². The molecular weight excluding hydrogens is 218 g/mol. The van der Waals surface area contributed by atoms with Crippen LogP contribution in [0.2, 0.25) is 0 Å². The third-order valence-electron chi connectivity index (χ3n) is 2.92. The highest BCUT2D eigenvalue weighted by Crippen LogP contribution is 2.17. The topological polar surface area (TPSA) is 72.7 Å². The van der Waals surface area contributed by atoms with Crippen LogP contribution in [0.4, 0.5) is 0 Å². The van der Waals surface area contributed by atoms with E-state index in [1.54, 1.807) is 6.92 Å². The van der Waals surface area contributed by atoms with Crippen molar-refractivity contribution < 1.29 is 15.3 Å². The third kappa shape index (κ3) is 4.09. The molecule has 0 saturated heterocycles. The Hall–Kier alpha value is -0.940. The fraction of sp³-hybridized carbons (Fsp3) is 0.538. The SMILES string of the molecule is CC(CO)(CO)CNC(CO)c1ccccc1. The van der Waals surface area contributed by atoms with E-state index in [0.29, 0.717) is 6.54 Å². The zero-order chi connectivity index (χ0) is 12.7. The van der Waals surface area contributed by atoms with E-state index in [0.717, 1.165) is 5.56 Å². The zero-order valence-corrected chi connectivity index (χ0v) is 10.1. The fourth-order valence-corrected chi connectivity index (χ4v) is 1.50. The van der Waals surface area contributed by atoms with Gasteiger partial charge in [-0.05, 0) is 5.56 Å². The van der Waals surface area contributed by atoms with Crippen molar-refractivity contribution in [1.82, 2.24) is 5.32 Å². The second-order valence-corrected chi connectivity index (χ2v) is 4.65. The van der Waals surface area contributed by atoms with E-state index in [1.807, 2.05) is 30.3 Å². The van der Waals surface area contributed by atoms with Crippen LogP contribution in [0.5, 0.6) is 0 Å². The van der Waals surface area contributed by atoms with Crippen molar-refractivity contribution in [2.45, 2.75) is 13.0 Å². The highest BCUT2D eigenvalue weighted by molar-refractivity contribution is 5.18. The van der Waals surface area contributed by atoms with Crippen LogP contribution in [-0.4, -0.2) is 41.7 Å². The monoisotopic (exact) mass is 239 g/mol. The van der Waals surface area contributed by atoms with Crippen molar-refractivity contribution in [3.63, 3.8) is 0 Å². The standard InChI is InChI=1S/C13H21NO3/c1-13(9-16,10-17)8-14-12(7-15)11-5-3-2-4-6-11/h2-6,12,14-17H,7-10H2,1H3. The fourth-order valence-electron chi connectivity index (χ4n) is 1.50. The normalized spacial score (nSPS) is 13.6. The number of hydrogen-bond donors (Lipinski definition) is 4. The molecule has 0 spiro atoms. The van der Waals surface area contributed by atoms with Gasteiger partial charge in [0.15, 0.2) is 0 Å². The molecule has 4 N–H and O–H groups in total. The Kier molecular flexibility index (Phi) is 5.58. The van der Waals surface area contributed by atoms with E-state index in [1.165, 1.54) is 0 Å². The molecule has 1 atom stereocenters. The number of nitrogens with one attached hydrogen (secondary N) is 1. The van der Waals surface area contributed by atoms with Gasteiger partial charge in [0.1, 0.15) is 0 Å². The number of rotatable bonds is 7. The van der Waals surface area contributed by atoms with Gasteiger partial charge >= 0.3 is 0 Å². The molecule has 1 unspecified atom stereocenters. The summed E-state index contributed by atoms with van der Waals surface area (Å²) in [6.07, 6.45) is 0. The average Bonchev–Trinajstić information content (AvgIpc) is 2.40. The van der Waals surface area contributed by atoms with Gasteiger partial charge in [-0.25, -0.2) is 0 Å². The van der Waals surface area contributed by atoms with E-state index in [2.05, 4.69) is 5.32 Å². The summed E-state index contributed by atoms with van der Waals surface area (Å²) >= 11 is 0. The number of benzene rings is 1. The van der Waals surface area contributed by atoms with Crippen molar-refractivity contribution in [3.05, 3.63) is 35.9 Å². The number of hydrogen-bond acceptors (Lipinski definition) is 4. The molecule has 17 heavy (non-hydrogen) atoms. The first-order valence-corrected chi connectivity index (χ1v) is 5.76. The van der Waals surface area contributed by atoms with Crippen LogP contribution < -0.4 is 5.32 Å². The molecule has 0 fully saturated rings. The van der Waals surface area contributed by atoms with Crippen LogP contribution in [0.1, 0.15) is 18.5 Å². The molecule has 1 rings (SSSR count). The van der Waals surface area contributed by atoms with Gasteiger partial charge in [0.2, 0.25) is 0 Å². The Balaban J connectivity index is 2.60. The maximum Gasteiger partial charge on any atom is 0.0626 e. The number of aliphatic hydroxyl groups excluding tert-OH is 3. The lowest BCUT2D eigenvalue weighted by molar-refractivity contribution is 0.0646. The second kappa shape index (κ2) is 6.71. The van der Waals surface area contributed by atoms with Crippen LogP contribution >= 0.6 is 0 Å². The van der Waals surface area contributed by atoms with Gasteiger partial charge in [0.05, 0.1) is 25.9 Å². The van der Waals surface area contributed by atoms with Crippen LogP contribution in [0, 0.1) is 5.41 Å². The Bertz CT molecular complexity index is 312. The van der Waals surface area contributed by atoms with Crippen molar-refractivity contribution in [2.75, 3.05) is 26.4 Å². The van der Waals surface area contributed by atoms with Gasteiger partial charge < -0.3 is 20.6 Å². The predicted octanol–water partition coefficient (Wildman–Crippen LogP) is 0.300. The van der Waals surface area contributed by atoms with Crippen molar-refractivity contribution in [1.29, 1.82) is 0 Å². The van der Waals surface area contributed by atoms with E-state index < -0.39 is 5.41 Å². The molecule has 0 aliphatic rings. The molecule has 0 aliphatic heterocycles. The summed E-state index contributed by atoms with van der Waals surface area (Å²) in [7, 11) is 0. The molecule has 0 heterocycles. The van der Waals surface area contributed by atoms with Crippen molar-refractivity contribution in [2.24, 2.45) is 5.41 Å². The van der Waals surface area contributed by atoms with E-state index in [9.17, 15) is 15.3 Å². The van der Waals surface area contributed by atoms with Gasteiger partial charge in [-0.1, -0.05) is 37.3 Å². The molecule has 96 valence electrons. The quantitative estimate of drug-likeness (QED) is 0.552. The maximum atomic E-state index is 9.33. The maximum absolute atomic E-state index is 9.33. The molecule has 0 radical (unpaired) electrons. The minimum absolute atomic E-state index is 0.0169. The van der Waals surface area contributed by atoms with Crippen LogP contribution in [0.3, 0.4) is 0 Å². The Morgan fingerprint density at radius 2 is 1.71 bits per heavy atom. The largest absolute Gasteiger partial charge is 0.396 e. The van der Waals surface area contributed by atoms with E-state index in [4.69, 9.17) is 0 Å². The molecule has 0 aliphatic carbocycles. The lowest BCUT2D eigenvalue weighted by Gasteiger charge is -2.28. The molecule has 4 heteroatoms. The summed E-state index contributed by atoms with van der Waals surface area (Å²) in [5.74, 6) is 0. The highest BCUT2D eigenvalue weighted by Gasteiger charge is 2.23. The van der Waals surface area contributed by atoms with Gasteiger partial charge in [-0.3, -0.25) is 0 Å². The van der Waals surface area contributed by atoms with Gasteiger partial charge in [-0.2, -0.15) is 0 Å². The Morgan fingerprint density at radius 1 is 1.12 bits per heavy atom. The first kappa shape index (κ1) is 14.1. The summed E-state index contributed by atoms with van der Waals surface area (Å²) in [6.45, 7) is 2.03. The van der Waals surface area contributed by atoms with E-state index in [-0.39, 0.29) is 25.9 Å². The summed E-state index contributed by atoms with van der Waals surface area (Å²) in [5, 5.41) is 30.9. The summed E-state index contributed by atoms with van der Waals surface area (Å²) in [6, 6.07) is 9.44. The first-order chi connectivity index (χ1) is 8.15. The minimum Gasteiger partial charge on any atom is -0.396 e. The zero-order valence-electron chi connectivity index (χ0n) is 10.1. The van der Waals surface area contributed by atoms with Crippen LogP contribution in [0.15, 0.2) is 30.3 Å². The number of aliphatic hydroxyl groups is 3. The van der Waals surface area contributed by atoms with Crippen LogP contribution in [-0.2, 0) is 0 Å². The third-order valence-corrected chi connectivity index (χ3v) is 2.92. The lowest BCUT2D eigenvalue weighted by atomic mass is 9.92. The molecule has 0 aromatic heterocycles. The molecule has 0 bridgehead atoms. The highest BCUT2D eigenvalue weighted by atomic mass is 16.3. The van der Waals surface area contributed by atoms with Crippen molar-refractivity contribution >= 4 is 0 Å². The van der Waals surface area contributed by atoms with Crippen molar-refractivity contribution in [3.8, 4) is 0 Å². The van der Waals surface area contributed by atoms with Gasteiger partial charge in [0, 0.05) is 12.0 Å². The first-order valence-electron chi connectivity index (χ1n) is 5.76. The van der Waals surface area contributed by atoms with Gasteiger partial charge in [0.25, 0.3) is 0 Å². The smallest absolute Gasteiger partial charge is 0.0626 e. The second-order valence-electron chi connectivity index (χ2n) is 4.65. The molecule has 0 saturated carbocycles.